The quantitative estimate of drug-likeness (QED) is 0.441. The van der Waals surface area contributed by atoms with Crippen LogP contribution in [0, 0.1) is 0 Å². The van der Waals surface area contributed by atoms with E-state index < -0.39 is 0 Å². The molecule has 0 aliphatic heterocycles. The van der Waals surface area contributed by atoms with Gasteiger partial charge in [-0.1, -0.05) is 11.6 Å². The molecule has 0 atom stereocenters. The van der Waals surface area contributed by atoms with Crippen molar-refractivity contribution in [2.24, 2.45) is 0 Å². The molecule has 2 aromatic carbocycles. The van der Waals surface area contributed by atoms with E-state index in [1.54, 1.807) is 26.5 Å². The largest absolute Gasteiger partial charge is 0.493 e. The molecule has 0 saturated carbocycles. The lowest BCUT2D eigenvalue weighted by Gasteiger charge is -2.11. The molecule has 0 saturated heterocycles. The van der Waals surface area contributed by atoms with E-state index in [1.165, 1.54) is 0 Å². The Kier molecular flexibility index (Phi) is 4.86. The third kappa shape index (κ3) is 3.63. The lowest BCUT2D eigenvalue weighted by atomic mass is 10.2. The van der Waals surface area contributed by atoms with Gasteiger partial charge in [0.15, 0.2) is 17.3 Å². The number of anilines is 4. The second-order valence-electron chi connectivity index (χ2n) is 5.85. The van der Waals surface area contributed by atoms with E-state index in [0.717, 1.165) is 16.6 Å². The molecule has 0 radical (unpaired) electrons. The molecule has 3 N–H and O–H groups in total. The lowest BCUT2D eigenvalue weighted by Crippen LogP contribution is -2.01. The number of rotatable bonds is 6. The Morgan fingerprint density at radius 2 is 1.82 bits per heavy atom. The van der Waals surface area contributed by atoms with Crippen molar-refractivity contribution in [2.75, 3.05) is 24.9 Å². The number of nitrogens with one attached hydrogen (secondary N) is 3. The van der Waals surface area contributed by atoms with E-state index >= 15 is 0 Å². The summed E-state index contributed by atoms with van der Waals surface area (Å²) in [6, 6.07) is 12.8. The van der Waals surface area contributed by atoms with Gasteiger partial charge in [-0.25, -0.2) is 4.98 Å². The molecule has 0 spiro atoms. The van der Waals surface area contributed by atoms with Crippen molar-refractivity contribution in [3.05, 3.63) is 53.7 Å². The molecule has 0 aliphatic rings. The van der Waals surface area contributed by atoms with Gasteiger partial charge in [-0.15, -0.1) is 0 Å². The zero-order valence-electron chi connectivity index (χ0n) is 15.2. The molecular formula is C19H17ClN6O2. The number of nitrogens with zero attached hydrogens (tertiary/aromatic N) is 3. The number of fused-ring (bicyclic) bond motifs is 1. The molecule has 28 heavy (non-hydrogen) atoms. The van der Waals surface area contributed by atoms with Gasteiger partial charge in [0.25, 0.3) is 0 Å². The number of halogens is 1. The summed E-state index contributed by atoms with van der Waals surface area (Å²) in [5.41, 5.74) is 1.61. The van der Waals surface area contributed by atoms with Gasteiger partial charge in [-0.2, -0.15) is 10.1 Å². The molecule has 4 rings (SSSR count). The fourth-order valence-electron chi connectivity index (χ4n) is 2.74. The van der Waals surface area contributed by atoms with Crippen molar-refractivity contribution in [1.29, 1.82) is 0 Å². The van der Waals surface area contributed by atoms with Gasteiger partial charge in [0, 0.05) is 28.4 Å². The van der Waals surface area contributed by atoms with Gasteiger partial charge < -0.3 is 20.1 Å². The van der Waals surface area contributed by atoms with Crippen molar-refractivity contribution >= 4 is 45.8 Å². The third-order valence-corrected chi connectivity index (χ3v) is 4.30. The van der Waals surface area contributed by atoms with E-state index in [9.17, 15) is 0 Å². The van der Waals surface area contributed by atoms with Crippen molar-refractivity contribution in [2.45, 2.75) is 0 Å². The second-order valence-corrected chi connectivity index (χ2v) is 6.28. The number of methoxy groups -OCH3 is 2. The monoisotopic (exact) mass is 396 g/mol. The average molecular weight is 397 g/mol. The molecule has 0 bridgehead atoms. The second kappa shape index (κ2) is 7.61. The summed E-state index contributed by atoms with van der Waals surface area (Å²) < 4.78 is 10.6. The van der Waals surface area contributed by atoms with Gasteiger partial charge >= 0.3 is 0 Å². The molecule has 9 heteroatoms. The summed E-state index contributed by atoms with van der Waals surface area (Å²) in [6.45, 7) is 0. The predicted octanol–water partition coefficient (Wildman–Crippen LogP) is 4.51. The number of hydrogen-bond donors (Lipinski definition) is 3. The Morgan fingerprint density at radius 1 is 0.964 bits per heavy atom. The van der Waals surface area contributed by atoms with Crippen molar-refractivity contribution in [1.82, 2.24) is 20.2 Å². The molecule has 2 aromatic heterocycles. The van der Waals surface area contributed by atoms with Gasteiger partial charge in [-0.05, 0) is 36.4 Å². The number of benzene rings is 2. The molecule has 8 nitrogen and oxygen atoms in total. The minimum absolute atomic E-state index is 0.431. The van der Waals surface area contributed by atoms with Crippen LogP contribution in [-0.4, -0.2) is 34.4 Å². The smallest absolute Gasteiger partial charge is 0.229 e. The fourth-order valence-corrected chi connectivity index (χ4v) is 2.91. The van der Waals surface area contributed by atoms with E-state index in [4.69, 9.17) is 21.1 Å². The minimum Gasteiger partial charge on any atom is -0.493 e. The van der Waals surface area contributed by atoms with Crippen LogP contribution in [0.3, 0.4) is 0 Å². The first kappa shape index (κ1) is 17.9. The molecule has 4 aromatic rings. The maximum absolute atomic E-state index is 6.01. The van der Waals surface area contributed by atoms with Crippen LogP contribution in [0.2, 0.25) is 5.02 Å². The summed E-state index contributed by atoms with van der Waals surface area (Å²) in [5.74, 6) is 2.95. The SMILES string of the molecule is COc1ccc(Nc2nccc(Nc3n[nH]c4cc(Cl)ccc34)n2)cc1OC. The molecule has 0 unspecified atom stereocenters. The molecule has 142 valence electrons. The zero-order chi connectivity index (χ0) is 19.5. The molecule has 2 heterocycles. The Hall–Kier alpha value is -3.52. The molecule has 0 fully saturated rings. The summed E-state index contributed by atoms with van der Waals surface area (Å²) in [4.78, 5) is 8.74. The summed E-state index contributed by atoms with van der Waals surface area (Å²) in [6.07, 6.45) is 1.66. The standard InChI is InChI=1S/C19H17ClN6O2/c1-27-15-6-4-12(10-16(15)28-2)22-19-21-8-7-17(24-19)23-18-13-5-3-11(20)9-14(13)25-26-18/h3-10H,1-2H3,(H3,21,22,23,24,25,26). The molecule has 0 amide bonds. The highest BCUT2D eigenvalue weighted by molar-refractivity contribution is 6.31. The first-order valence-electron chi connectivity index (χ1n) is 8.39. The maximum atomic E-state index is 6.01. The molecule has 0 aliphatic carbocycles. The van der Waals surface area contributed by atoms with Crippen LogP contribution >= 0.6 is 11.6 Å². The summed E-state index contributed by atoms with van der Waals surface area (Å²) in [7, 11) is 3.18. The van der Waals surface area contributed by atoms with Crippen LogP contribution in [0.1, 0.15) is 0 Å². The van der Waals surface area contributed by atoms with Crippen LogP contribution in [0.25, 0.3) is 10.9 Å². The normalized spacial score (nSPS) is 10.7. The number of aromatic amines is 1. The average Bonchev–Trinajstić information content (AvgIpc) is 3.09. The van der Waals surface area contributed by atoms with E-state index in [2.05, 4.69) is 30.8 Å². The van der Waals surface area contributed by atoms with Crippen molar-refractivity contribution in [3.63, 3.8) is 0 Å². The fraction of sp³-hybridized carbons (Fsp3) is 0.105. The number of ether oxygens (including phenoxy) is 2. The Balaban J connectivity index is 1.56. The van der Waals surface area contributed by atoms with Gasteiger partial charge in [0.2, 0.25) is 5.95 Å². The number of aromatic nitrogens is 4. The Bertz CT molecular complexity index is 1130. The minimum atomic E-state index is 0.431. The van der Waals surface area contributed by atoms with Gasteiger partial charge in [0.05, 0.1) is 19.7 Å². The zero-order valence-corrected chi connectivity index (χ0v) is 15.9. The lowest BCUT2D eigenvalue weighted by molar-refractivity contribution is 0.355. The molecular weight excluding hydrogens is 380 g/mol. The van der Waals surface area contributed by atoms with E-state index in [-0.39, 0.29) is 0 Å². The van der Waals surface area contributed by atoms with Gasteiger partial charge in [-0.3, -0.25) is 5.10 Å². The first-order chi connectivity index (χ1) is 13.7. The topological polar surface area (TPSA) is 97.0 Å². The van der Waals surface area contributed by atoms with Crippen LogP contribution in [0.15, 0.2) is 48.7 Å². The number of hydrogen-bond acceptors (Lipinski definition) is 7. The highest BCUT2D eigenvalue weighted by Gasteiger charge is 2.09. The van der Waals surface area contributed by atoms with Crippen LogP contribution < -0.4 is 20.1 Å². The van der Waals surface area contributed by atoms with Crippen molar-refractivity contribution in [3.8, 4) is 11.5 Å². The highest BCUT2D eigenvalue weighted by atomic mass is 35.5. The van der Waals surface area contributed by atoms with Crippen LogP contribution in [0.5, 0.6) is 11.5 Å². The van der Waals surface area contributed by atoms with Gasteiger partial charge in [0.1, 0.15) is 5.82 Å². The third-order valence-electron chi connectivity index (χ3n) is 4.07. The first-order valence-corrected chi connectivity index (χ1v) is 8.77. The Morgan fingerprint density at radius 3 is 2.64 bits per heavy atom. The summed E-state index contributed by atoms with van der Waals surface area (Å²) in [5, 5.41) is 15.1. The predicted molar refractivity (Wildman–Crippen MR) is 109 cm³/mol. The maximum Gasteiger partial charge on any atom is 0.229 e. The summed E-state index contributed by atoms with van der Waals surface area (Å²) >= 11 is 6.01. The Labute approximate surface area is 165 Å². The van der Waals surface area contributed by atoms with E-state index in [0.29, 0.717) is 34.1 Å². The van der Waals surface area contributed by atoms with Crippen LogP contribution in [-0.2, 0) is 0 Å². The van der Waals surface area contributed by atoms with E-state index in [1.807, 2.05) is 36.4 Å². The van der Waals surface area contributed by atoms with Crippen LogP contribution in [0.4, 0.5) is 23.3 Å². The van der Waals surface area contributed by atoms with Crippen molar-refractivity contribution < 1.29 is 9.47 Å². The highest BCUT2D eigenvalue weighted by Crippen LogP contribution is 2.31. The number of H-pyrrole nitrogens is 1.